The number of carbonyl (C=O) groups excluding carboxylic acids is 3. The van der Waals surface area contributed by atoms with Crippen LogP contribution < -0.4 is 5.32 Å². The normalized spacial score (nSPS) is 12.8. The van der Waals surface area contributed by atoms with E-state index in [-0.39, 0.29) is 18.9 Å². The number of carbonyl (C=O) groups is 3. The molecule has 2 atom stereocenters. The summed E-state index contributed by atoms with van der Waals surface area (Å²) in [6.07, 6.45) is 0.134. The van der Waals surface area contributed by atoms with E-state index in [9.17, 15) is 14.4 Å². The van der Waals surface area contributed by atoms with E-state index in [0.717, 1.165) is 0 Å². The van der Waals surface area contributed by atoms with Crippen molar-refractivity contribution in [2.75, 3.05) is 6.61 Å². The van der Waals surface area contributed by atoms with E-state index in [1.54, 1.807) is 27.7 Å². The van der Waals surface area contributed by atoms with Crippen LogP contribution >= 0.6 is 0 Å². The SMILES string of the molecule is C=CCOC(=O)[C@H](CC(C)C)OC(=O)C[C@@H](C)NC(=O)OC(C)(C)C.CC. The number of ether oxygens (including phenoxy) is 3. The molecule has 7 nitrogen and oxygen atoms in total. The van der Waals surface area contributed by atoms with Crippen LogP contribution in [-0.4, -0.2) is 42.4 Å². The van der Waals surface area contributed by atoms with Gasteiger partial charge >= 0.3 is 18.0 Å². The monoisotopic (exact) mass is 387 g/mol. The van der Waals surface area contributed by atoms with Crippen molar-refractivity contribution < 1.29 is 28.6 Å². The van der Waals surface area contributed by atoms with E-state index in [1.807, 2.05) is 27.7 Å². The van der Waals surface area contributed by atoms with Crippen LogP contribution in [0.3, 0.4) is 0 Å². The number of hydrogen-bond donors (Lipinski definition) is 1. The Morgan fingerprint density at radius 3 is 2.11 bits per heavy atom. The van der Waals surface area contributed by atoms with E-state index in [2.05, 4.69) is 11.9 Å². The number of esters is 2. The van der Waals surface area contributed by atoms with Gasteiger partial charge in [0.2, 0.25) is 0 Å². The summed E-state index contributed by atoms with van der Waals surface area (Å²) in [6, 6.07) is -0.494. The minimum absolute atomic E-state index is 0.0571. The van der Waals surface area contributed by atoms with Gasteiger partial charge in [-0.25, -0.2) is 9.59 Å². The first-order chi connectivity index (χ1) is 12.4. The second-order valence-electron chi connectivity index (χ2n) is 7.28. The lowest BCUT2D eigenvalue weighted by molar-refractivity contribution is -0.168. The van der Waals surface area contributed by atoms with Crippen molar-refractivity contribution >= 4 is 18.0 Å². The highest BCUT2D eigenvalue weighted by atomic mass is 16.6. The molecule has 0 aliphatic rings. The van der Waals surface area contributed by atoms with Gasteiger partial charge in [0.05, 0.1) is 6.42 Å². The van der Waals surface area contributed by atoms with Crippen molar-refractivity contribution in [3.63, 3.8) is 0 Å². The molecule has 27 heavy (non-hydrogen) atoms. The van der Waals surface area contributed by atoms with Crippen molar-refractivity contribution in [3.8, 4) is 0 Å². The summed E-state index contributed by atoms with van der Waals surface area (Å²) in [7, 11) is 0. The first kappa shape index (κ1) is 27.2. The summed E-state index contributed by atoms with van der Waals surface area (Å²) in [4.78, 5) is 35.7. The minimum atomic E-state index is -0.971. The molecule has 7 heteroatoms. The van der Waals surface area contributed by atoms with E-state index in [0.29, 0.717) is 6.42 Å². The van der Waals surface area contributed by atoms with Crippen LogP contribution in [0.25, 0.3) is 0 Å². The van der Waals surface area contributed by atoms with Gasteiger partial charge in [-0.1, -0.05) is 40.3 Å². The Labute approximate surface area is 163 Å². The molecule has 0 spiro atoms. The maximum absolute atomic E-state index is 12.0. The average Bonchev–Trinajstić information content (AvgIpc) is 2.51. The molecule has 158 valence electrons. The summed E-state index contributed by atoms with van der Waals surface area (Å²) in [6.45, 7) is 18.2. The predicted molar refractivity (Wildman–Crippen MR) is 105 cm³/mol. The van der Waals surface area contributed by atoms with Gasteiger partial charge in [0, 0.05) is 6.04 Å². The second-order valence-corrected chi connectivity index (χ2v) is 7.28. The van der Waals surface area contributed by atoms with Gasteiger partial charge in [0.15, 0.2) is 6.10 Å². The van der Waals surface area contributed by atoms with Gasteiger partial charge in [0.1, 0.15) is 12.2 Å². The third-order valence-electron chi connectivity index (χ3n) is 2.80. The Morgan fingerprint density at radius 2 is 1.67 bits per heavy atom. The van der Waals surface area contributed by atoms with Crippen LogP contribution in [0.15, 0.2) is 12.7 Å². The molecule has 0 bridgehead atoms. The lowest BCUT2D eigenvalue weighted by Gasteiger charge is -2.22. The third-order valence-corrected chi connectivity index (χ3v) is 2.80. The van der Waals surface area contributed by atoms with E-state index < -0.39 is 35.8 Å². The number of alkyl carbamates (subject to hydrolysis) is 1. The maximum atomic E-state index is 12.0. The molecule has 0 unspecified atom stereocenters. The topological polar surface area (TPSA) is 90.9 Å². The summed E-state index contributed by atoms with van der Waals surface area (Å²) >= 11 is 0. The first-order valence-corrected chi connectivity index (χ1v) is 9.41. The molecule has 0 saturated heterocycles. The lowest BCUT2D eigenvalue weighted by atomic mass is 10.1. The van der Waals surface area contributed by atoms with Gasteiger partial charge in [-0.05, 0) is 40.0 Å². The van der Waals surface area contributed by atoms with Crippen molar-refractivity contribution in [3.05, 3.63) is 12.7 Å². The number of nitrogens with one attached hydrogen (secondary N) is 1. The smallest absolute Gasteiger partial charge is 0.407 e. The Balaban J connectivity index is 0. The van der Waals surface area contributed by atoms with E-state index in [1.165, 1.54) is 6.08 Å². The first-order valence-electron chi connectivity index (χ1n) is 9.41. The predicted octanol–water partition coefficient (Wildman–Crippen LogP) is 4.00. The molecule has 0 aromatic carbocycles. The zero-order valence-electron chi connectivity index (χ0n) is 18.1. The van der Waals surface area contributed by atoms with Gasteiger partial charge in [-0.2, -0.15) is 0 Å². The summed E-state index contributed by atoms with van der Waals surface area (Å²) in [5.41, 5.74) is -0.623. The van der Waals surface area contributed by atoms with Crippen LogP contribution in [-0.2, 0) is 23.8 Å². The molecule has 1 amide bonds. The standard InChI is InChI=1S/C18H31NO6.C2H6/c1-8-9-23-16(21)14(10-12(2)3)24-15(20)11-13(4)19-17(22)25-18(5,6)7;1-2/h8,12-14H,1,9-11H2,2-7H3,(H,19,22);1-2H3/t13-,14+;/m1./s1. The highest BCUT2D eigenvalue weighted by Crippen LogP contribution is 2.12. The van der Waals surface area contributed by atoms with Crippen molar-refractivity contribution in [2.24, 2.45) is 5.92 Å². The summed E-state index contributed by atoms with van der Waals surface area (Å²) in [5, 5.41) is 2.55. The zero-order valence-corrected chi connectivity index (χ0v) is 18.1. The highest BCUT2D eigenvalue weighted by molar-refractivity contribution is 5.80. The largest absolute Gasteiger partial charge is 0.459 e. The van der Waals surface area contributed by atoms with Gasteiger partial charge in [-0.15, -0.1) is 0 Å². The molecule has 0 aromatic heterocycles. The quantitative estimate of drug-likeness (QED) is 0.365. The Hall–Kier alpha value is -2.05. The fraction of sp³-hybridized carbons (Fsp3) is 0.750. The maximum Gasteiger partial charge on any atom is 0.407 e. The van der Waals surface area contributed by atoms with Crippen LogP contribution in [0.2, 0.25) is 0 Å². The molecule has 0 saturated carbocycles. The van der Waals surface area contributed by atoms with E-state index in [4.69, 9.17) is 14.2 Å². The molecule has 0 radical (unpaired) electrons. The Kier molecular flexibility index (Phi) is 14.2. The molecule has 0 fully saturated rings. The summed E-state index contributed by atoms with van der Waals surface area (Å²) in [5.74, 6) is -1.05. The molecule has 0 aliphatic carbocycles. The fourth-order valence-corrected chi connectivity index (χ4v) is 1.87. The Bertz CT molecular complexity index is 468. The number of rotatable bonds is 9. The molecule has 0 heterocycles. The van der Waals surface area contributed by atoms with Gasteiger partial charge in [-0.3, -0.25) is 4.79 Å². The molecule has 0 rings (SSSR count). The zero-order chi connectivity index (χ0) is 21.6. The van der Waals surface area contributed by atoms with E-state index >= 15 is 0 Å². The number of hydrogen-bond acceptors (Lipinski definition) is 6. The van der Waals surface area contributed by atoms with Crippen LogP contribution in [0.5, 0.6) is 0 Å². The van der Waals surface area contributed by atoms with Crippen molar-refractivity contribution in [2.45, 2.75) is 86.0 Å². The Morgan fingerprint density at radius 1 is 1.11 bits per heavy atom. The van der Waals surface area contributed by atoms with Gasteiger partial charge in [0.25, 0.3) is 0 Å². The minimum Gasteiger partial charge on any atom is -0.459 e. The average molecular weight is 388 g/mol. The molecule has 1 N–H and O–H groups in total. The van der Waals surface area contributed by atoms with Crippen LogP contribution in [0.1, 0.15) is 68.2 Å². The third kappa shape index (κ3) is 15.9. The van der Waals surface area contributed by atoms with Crippen molar-refractivity contribution in [1.29, 1.82) is 0 Å². The van der Waals surface area contributed by atoms with Crippen LogP contribution in [0, 0.1) is 5.92 Å². The van der Waals surface area contributed by atoms with Gasteiger partial charge < -0.3 is 19.5 Å². The lowest BCUT2D eigenvalue weighted by Crippen LogP contribution is -2.39. The molecule has 0 aromatic rings. The highest BCUT2D eigenvalue weighted by Gasteiger charge is 2.26. The summed E-state index contributed by atoms with van der Waals surface area (Å²) < 4.78 is 15.3. The molecule has 0 aliphatic heterocycles. The fourth-order valence-electron chi connectivity index (χ4n) is 1.87. The van der Waals surface area contributed by atoms with Crippen molar-refractivity contribution in [1.82, 2.24) is 5.32 Å². The second kappa shape index (κ2) is 14.1. The van der Waals surface area contributed by atoms with Crippen LogP contribution in [0.4, 0.5) is 4.79 Å². The molecular formula is C20H37NO6. The molecular weight excluding hydrogens is 350 g/mol. The number of amides is 1.